The predicted molar refractivity (Wildman–Crippen MR) is 135 cm³/mol. The number of rotatable bonds is 4. The maximum atomic E-state index is 12.3. The third kappa shape index (κ3) is 2.71. The van der Waals surface area contributed by atoms with Gasteiger partial charge in [-0.15, -0.1) is 0 Å². The highest BCUT2D eigenvalue weighted by Crippen LogP contribution is 2.71. The zero-order valence-corrected chi connectivity index (χ0v) is 22.1. The maximum Gasteiger partial charge on any atom is 0.165 e. The topological polar surface area (TPSA) is 62.2 Å². The molecule has 1 saturated heterocycles. The summed E-state index contributed by atoms with van der Waals surface area (Å²) >= 11 is 0. The molecule has 0 aromatic heterocycles. The average Bonchev–Trinajstić information content (AvgIpc) is 3.60. The molecule has 8 atom stereocenters. The first-order valence-corrected chi connectivity index (χ1v) is 14.1. The van der Waals surface area contributed by atoms with Crippen molar-refractivity contribution in [3.05, 3.63) is 23.3 Å². The Balaban J connectivity index is 1.49. The van der Waals surface area contributed by atoms with Gasteiger partial charge in [0.25, 0.3) is 0 Å². The molecule has 5 bridgehead atoms. The number of ether oxygens (including phenoxy) is 2. The number of aliphatic hydroxyl groups is 1. The van der Waals surface area contributed by atoms with E-state index in [1.54, 1.807) is 0 Å². The van der Waals surface area contributed by atoms with Crippen LogP contribution in [0.3, 0.4) is 0 Å². The van der Waals surface area contributed by atoms with E-state index in [1.807, 2.05) is 13.2 Å². The third-order valence-corrected chi connectivity index (χ3v) is 11.9. The van der Waals surface area contributed by atoms with Crippen LogP contribution < -0.4 is 4.74 Å². The van der Waals surface area contributed by atoms with Gasteiger partial charge in [0.1, 0.15) is 11.7 Å². The number of likely N-dealkylation sites (tertiary alicyclic amines) is 1. The molecular weight excluding hydrogens is 438 g/mol. The molecule has 2 heterocycles. The quantitative estimate of drug-likeness (QED) is 0.655. The van der Waals surface area contributed by atoms with E-state index in [1.165, 1.54) is 30.5 Å². The molecule has 192 valence electrons. The van der Waals surface area contributed by atoms with Crippen LogP contribution in [-0.4, -0.2) is 58.7 Å². The van der Waals surface area contributed by atoms with Crippen molar-refractivity contribution in [3.63, 3.8) is 0 Å². The number of fused-ring (bicyclic) bond motifs is 2. The molecule has 8 rings (SSSR count). The second-order valence-electron chi connectivity index (χ2n) is 14.1. The first-order chi connectivity index (χ1) is 16.5. The van der Waals surface area contributed by atoms with Crippen LogP contribution in [0, 0.1) is 29.1 Å². The molecule has 0 amide bonds. The van der Waals surface area contributed by atoms with Crippen molar-refractivity contribution in [2.24, 2.45) is 29.1 Å². The molecule has 2 aliphatic heterocycles. The van der Waals surface area contributed by atoms with E-state index < -0.39 is 11.2 Å². The lowest BCUT2D eigenvalue weighted by Gasteiger charge is -2.57. The van der Waals surface area contributed by atoms with E-state index in [9.17, 15) is 10.2 Å². The summed E-state index contributed by atoms with van der Waals surface area (Å²) in [5, 5.41) is 23.4. The summed E-state index contributed by atoms with van der Waals surface area (Å²) in [4.78, 5) is 2.84. The second kappa shape index (κ2) is 6.96. The van der Waals surface area contributed by atoms with Crippen LogP contribution >= 0.6 is 0 Å². The minimum atomic E-state index is -0.917. The third-order valence-electron chi connectivity index (χ3n) is 11.9. The molecule has 2 N–H and O–H groups in total. The summed E-state index contributed by atoms with van der Waals surface area (Å²) in [6.45, 7) is 10.9. The number of nitrogens with zero attached hydrogens (tertiary/aromatic N) is 1. The van der Waals surface area contributed by atoms with Crippen LogP contribution in [0.2, 0.25) is 0 Å². The average molecular weight is 482 g/mol. The van der Waals surface area contributed by atoms with Crippen molar-refractivity contribution in [2.75, 3.05) is 20.2 Å². The SMILES string of the molecule is CO[C@]12CC[C@H]3C(C[C@@H]1C(C)(O)C(C)(C)C)[C@H]1Cc4ccc(O)c5c4C3(CCN1CC1CC1)[C@H]2O5. The highest BCUT2D eigenvalue weighted by molar-refractivity contribution is 5.60. The van der Waals surface area contributed by atoms with Crippen LogP contribution in [0.1, 0.15) is 77.3 Å². The van der Waals surface area contributed by atoms with Crippen molar-refractivity contribution in [1.29, 1.82) is 0 Å². The summed E-state index contributed by atoms with van der Waals surface area (Å²) in [5.41, 5.74) is 0.729. The van der Waals surface area contributed by atoms with E-state index in [0.717, 1.165) is 44.6 Å². The Kier molecular flexibility index (Phi) is 4.55. The smallest absolute Gasteiger partial charge is 0.165 e. The Labute approximate surface area is 210 Å². The van der Waals surface area contributed by atoms with Gasteiger partial charge in [-0.1, -0.05) is 26.8 Å². The Bertz CT molecular complexity index is 1060. The number of methoxy groups -OCH3 is 1. The zero-order valence-electron chi connectivity index (χ0n) is 22.1. The van der Waals surface area contributed by atoms with Crippen LogP contribution in [0.15, 0.2) is 12.1 Å². The number of aromatic hydroxyl groups is 1. The molecule has 0 radical (unpaired) electrons. The fraction of sp³-hybridized carbons (Fsp3) is 0.800. The molecule has 5 nitrogen and oxygen atoms in total. The number of hydrogen-bond acceptors (Lipinski definition) is 5. The minimum absolute atomic E-state index is 0.0387. The van der Waals surface area contributed by atoms with Gasteiger partial charge >= 0.3 is 0 Å². The van der Waals surface area contributed by atoms with E-state index in [-0.39, 0.29) is 28.6 Å². The van der Waals surface area contributed by atoms with E-state index in [0.29, 0.717) is 23.6 Å². The Hall–Kier alpha value is -1.30. The van der Waals surface area contributed by atoms with Gasteiger partial charge in [0.05, 0.1) is 5.60 Å². The Morgan fingerprint density at radius 3 is 2.60 bits per heavy atom. The largest absolute Gasteiger partial charge is 0.504 e. The normalized spacial score (nSPS) is 43.3. The van der Waals surface area contributed by atoms with Crippen molar-refractivity contribution in [3.8, 4) is 11.5 Å². The maximum absolute atomic E-state index is 12.3. The van der Waals surface area contributed by atoms with Gasteiger partial charge in [-0.05, 0) is 93.2 Å². The fourth-order valence-corrected chi connectivity index (χ4v) is 9.62. The molecule has 1 aromatic carbocycles. The molecule has 1 aromatic rings. The molecule has 5 aliphatic carbocycles. The first-order valence-electron chi connectivity index (χ1n) is 14.1. The number of phenols is 1. The van der Waals surface area contributed by atoms with Gasteiger partial charge in [-0.2, -0.15) is 0 Å². The molecular formula is C30H43NO4. The van der Waals surface area contributed by atoms with Crippen LogP contribution in [0.4, 0.5) is 0 Å². The Morgan fingerprint density at radius 2 is 1.91 bits per heavy atom. The van der Waals surface area contributed by atoms with Gasteiger partial charge in [0, 0.05) is 36.6 Å². The highest BCUT2D eigenvalue weighted by Gasteiger charge is 2.75. The fourth-order valence-electron chi connectivity index (χ4n) is 9.62. The van der Waals surface area contributed by atoms with Gasteiger partial charge in [-0.3, -0.25) is 4.90 Å². The molecule has 1 spiro atoms. The van der Waals surface area contributed by atoms with Crippen molar-refractivity contribution in [2.45, 2.75) is 101 Å². The summed E-state index contributed by atoms with van der Waals surface area (Å²) in [7, 11) is 1.85. The van der Waals surface area contributed by atoms with Crippen molar-refractivity contribution >= 4 is 0 Å². The van der Waals surface area contributed by atoms with Crippen molar-refractivity contribution in [1.82, 2.24) is 4.90 Å². The predicted octanol–water partition coefficient (Wildman–Crippen LogP) is 4.66. The number of phenolic OH excluding ortho intramolecular Hbond substituents is 1. The number of hydrogen-bond donors (Lipinski definition) is 2. The molecule has 35 heavy (non-hydrogen) atoms. The summed E-state index contributed by atoms with van der Waals surface area (Å²) in [5.74, 6) is 2.79. The molecule has 7 aliphatic rings. The lowest BCUT2D eigenvalue weighted by molar-refractivity contribution is -0.224. The standard InChI is InChI=1S/C30H43NO4/c1-27(2,3)28(4,33)23-15-19-20-10-11-30(23,34-5)26-29(20)12-13-31(16-17-6-7-17)21(19)14-18-8-9-22(32)25(35-26)24(18)29/h8-9,17,19-21,23,26,32-33H,6-7,10-16H2,1-5H3/t19?,20-,21+,23+,26+,28?,29?,30+/m0/s1. The van der Waals surface area contributed by atoms with Crippen LogP contribution in [0.5, 0.6) is 11.5 Å². The van der Waals surface area contributed by atoms with Crippen molar-refractivity contribution < 1.29 is 19.7 Å². The monoisotopic (exact) mass is 481 g/mol. The van der Waals surface area contributed by atoms with Gasteiger partial charge in [0.2, 0.25) is 0 Å². The summed E-state index contributed by atoms with van der Waals surface area (Å²) in [6.07, 6.45) is 7.65. The van der Waals surface area contributed by atoms with Crippen LogP contribution in [0.25, 0.3) is 0 Å². The molecule has 4 saturated carbocycles. The van der Waals surface area contributed by atoms with Gasteiger partial charge in [0.15, 0.2) is 11.5 Å². The second-order valence-corrected chi connectivity index (χ2v) is 14.1. The van der Waals surface area contributed by atoms with E-state index in [4.69, 9.17) is 9.47 Å². The molecule has 3 unspecified atom stereocenters. The first kappa shape index (κ1) is 22.9. The molecule has 5 fully saturated rings. The lowest BCUT2D eigenvalue weighted by Crippen LogP contribution is -2.68. The lowest BCUT2D eigenvalue weighted by atomic mass is 9.53. The van der Waals surface area contributed by atoms with Gasteiger partial charge < -0.3 is 19.7 Å². The van der Waals surface area contributed by atoms with E-state index >= 15 is 0 Å². The zero-order chi connectivity index (χ0) is 24.5. The number of benzene rings is 1. The van der Waals surface area contributed by atoms with Crippen LogP contribution in [-0.2, 0) is 16.6 Å². The van der Waals surface area contributed by atoms with E-state index in [2.05, 4.69) is 38.7 Å². The summed E-state index contributed by atoms with van der Waals surface area (Å²) in [6, 6.07) is 4.51. The molecule has 5 heteroatoms. The highest BCUT2D eigenvalue weighted by atomic mass is 16.6. The minimum Gasteiger partial charge on any atom is -0.504 e. The summed E-state index contributed by atoms with van der Waals surface area (Å²) < 4.78 is 13.6. The van der Waals surface area contributed by atoms with Gasteiger partial charge in [-0.25, -0.2) is 0 Å². The Morgan fingerprint density at radius 1 is 1.14 bits per heavy atom.